The zero-order valence-electron chi connectivity index (χ0n) is 19.7. The number of benzene rings is 2. The highest BCUT2D eigenvalue weighted by Gasteiger charge is 2.26. The maximum Gasteiger partial charge on any atom is 0.236 e. The summed E-state index contributed by atoms with van der Waals surface area (Å²) >= 11 is 0. The van der Waals surface area contributed by atoms with E-state index in [-0.39, 0.29) is 11.9 Å². The summed E-state index contributed by atoms with van der Waals surface area (Å²) in [4.78, 5) is 14.0. The normalized spacial score (nSPS) is 14.4. The minimum absolute atomic E-state index is 0.126. The Morgan fingerprint density at radius 3 is 2.59 bits per heavy atom. The van der Waals surface area contributed by atoms with E-state index >= 15 is 0 Å². The molecule has 5 rings (SSSR count). The Kier molecular flexibility index (Phi) is 5.89. The lowest BCUT2D eigenvalue weighted by atomic mass is 9.80. The van der Waals surface area contributed by atoms with E-state index in [1.807, 2.05) is 18.2 Å². The van der Waals surface area contributed by atoms with Crippen molar-refractivity contribution >= 4 is 17.0 Å². The van der Waals surface area contributed by atoms with Crippen LogP contribution in [0.1, 0.15) is 43.1 Å². The van der Waals surface area contributed by atoms with Gasteiger partial charge in [0, 0.05) is 18.2 Å². The van der Waals surface area contributed by atoms with Crippen LogP contribution in [-0.2, 0) is 6.54 Å². The molecule has 1 aliphatic carbocycles. The van der Waals surface area contributed by atoms with Gasteiger partial charge in [0.15, 0.2) is 11.5 Å². The molecule has 1 saturated carbocycles. The van der Waals surface area contributed by atoms with Crippen molar-refractivity contribution in [2.45, 2.75) is 45.7 Å². The third-order valence-electron chi connectivity index (χ3n) is 6.70. The number of nitrogens with zero attached hydrogens (tertiary/aromatic N) is 5. The van der Waals surface area contributed by atoms with Crippen LogP contribution in [0.2, 0.25) is 0 Å². The third kappa shape index (κ3) is 4.19. The molecule has 0 spiro atoms. The lowest BCUT2D eigenvalue weighted by Gasteiger charge is -2.32. The van der Waals surface area contributed by atoms with Gasteiger partial charge in [0.25, 0.3) is 0 Å². The molecule has 0 aliphatic heterocycles. The first-order valence-electron chi connectivity index (χ1n) is 11.7. The molecule has 0 radical (unpaired) electrons. The first-order valence-corrected chi connectivity index (χ1v) is 11.7. The second-order valence-corrected chi connectivity index (χ2v) is 9.04. The lowest BCUT2D eigenvalue weighted by molar-refractivity contribution is 0.285. The summed E-state index contributed by atoms with van der Waals surface area (Å²) in [5, 5.41) is 13.2. The number of imidazole rings is 1. The number of methoxy groups -OCH3 is 1. The number of anilines is 1. The molecule has 2 heterocycles. The Bertz CT molecular complexity index is 1360. The Hall–Kier alpha value is -3.92. The van der Waals surface area contributed by atoms with Crippen LogP contribution in [-0.4, -0.2) is 32.7 Å². The number of fused-ring (bicyclic) bond motifs is 1. The van der Waals surface area contributed by atoms with Crippen molar-refractivity contribution in [1.82, 2.24) is 19.5 Å². The van der Waals surface area contributed by atoms with Crippen LogP contribution < -0.4 is 10.1 Å². The van der Waals surface area contributed by atoms with Gasteiger partial charge < -0.3 is 14.6 Å². The summed E-state index contributed by atoms with van der Waals surface area (Å²) in [5.41, 5.74) is 4.61. The number of hydrogen-bond acceptors (Lipinski definition) is 6. The van der Waals surface area contributed by atoms with Crippen LogP contribution in [0.4, 0.5) is 5.82 Å². The fourth-order valence-corrected chi connectivity index (χ4v) is 4.53. The van der Waals surface area contributed by atoms with Gasteiger partial charge in [0.1, 0.15) is 23.2 Å². The first-order chi connectivity index (χ1) is 16.6. The van der Waals surface area contributed by atoms with Gasteiger partial charge in [0.2, 0.25) is 5.82 Å². The van der Waals surface area contributed by atoms with Crippen LogP contribution >= 0.6 is 0 Å². The Morgan fingerprint density at radius 2 is 1.94 bits per heavy atom. The topological polar surface area (TPSA) is 88.7 Å². The molecule has 0 amide bonds. The van der Waals surface area contributed by atoms with E-state index in [1.165, 1.54) is 19.3 Å². The Balaban J connectivity index is 1.68. The van der Waals surface area contributed by atoms with Crippen LogP contribution in [0.3, 0.4) is 0 Å². The summed E-state index contributed by atoms with van der Waals surface area (Å²) < 4.78 is 7.48. The number of aryl methyl sites for hydroxylation is 1. The molecule has 172 valence electrons. The van der Waals surface area contributed by atoms with E-state index in [1.54, 1.807) is 7.11 Å². The highest BCUT2D eigenvalue weighted by atomic mass is 16.5. The number of nitriles is 1. The van der Waals surface area contributed by atoms with E-state index in [0.717, 1.165) is 33.8 Å². The van der Waals surface area contributed by atoms with E-state index in [4.69, 9.17) is 9.72 Å². The summed E-state index contributed by atoms with van der Waals surface area (Å²) in [6.07, 6.45) is 3.70. The van der Waals surface area contributed by atoms with E-state index < -0.39 is 0 Å². The second kappa shape index (κ2) is 9.14. The molecule has 1 N–H and O–H groups in total. The molecule has 34 heavy (non-hydrogen) atoms. The summed E-state index contributed by atoms with van der Waals surface area (Å²) in [6, 6.07) is 18.7. The molecule has 1 atom stereocenters. The monoisotopic (exact) mass is 452 g/mol. The van der Waals surface area contributed by atoms with Crippen LogP contribution in [0.15, 0.2) is 48.5 Å². The van der Waals surface area contributed by atoms with Crippen molar-refractivity contribution < 1.29 is 4.74 Å². The maximum atomic E-state index is 9.59. The van der Waals surface area contributed by atoms with Crippen LogP contribution in [0.25, 0.3) is 22.6 Å². The number of ether oxygens (including phenoxy) is 1. The van der Waals surface area contributed by atoms with E-state index in [9.17, 15) is 5.26 Å². The molecule has 2 aromatic carbocycles. The van der Waals surface area contributed by atoms with Crippen molar-refractivity contribution in [3.8, 4) is 23.2 Å². The standard InChI is InChI=1S/C27H28N6O/c1-17-6-4-9-21(14-17)27-32-26-24(33(27)16-19-10-12-22(34-3)13-11-19)25(30-23(15-28)31-26)29-18(2)20-7-5-8-20/h4,6,9-14,18,20H,5,7-8,16H2,1-3H3,(H,29,30,31). The minimum Gasteiger partial charge on any atom is -0.497 e. The molecular formula is C27H28N6O. The quantitative estimate of drug-likeness (QED) is 0.408. The van der Waals surface area contributed by atoms with E-state index in [0.29, 0.717) is 23.9 Å². The molecule has 1 unspecified atom stereocenters. The van der Waals surface area contributed by atoms with Gasteiger partial charge in [-0.1, -0.05) is 42.3 Å². The van der Waals surface area contributed by atoms with Crippen molar-refractivity contribution in [3.63, 3.8) is 0 Å². The highest BCUT2D eigenvalue weighted by molar-refractivity contribution is 5.87. The van der Waals surface area contributed by atoms with Gasteiger partial charge in [-0.25, -0.2) is 4.98 Å². The minimum atomic E-state index is 0.126. The number of aromatic nitrogens is 4. The zero-order chi connectivity index (χ0) is 23.7. The molecular weight excluding hydrogens is 424 g/mol. The predicted octanol–water partition coefficient (Wildman–Crippen LogP) is 5.33. The van der Waals surface area contributed by atoms with Crippen LogP contribution in [0.5, 0.6) is 5.75 Å². The molecule has 4 aromatic rings. The summed E-state index contributed by atoms with van der Waals surface area (Å²) in [7, 11) is 1.67. The van der Waals surface area contributed by atoms with Gasteiger partial charge in [-0.3, -0.25) is 0 Å². The third-order valence-corrected chi connectivity index (χ3v) is 6.70. The predicted molar refractivity (Wildman–Crippen MR) is 133 cm³/mol. The van der Waals surface area contributed by atoms with Crippen molar-refractivity contribution in [2.75, 3.05) is 12.4 Å². The van der Waals surface area contributed by atoms with E-state index in [2.05, 4.69) is 70.1 Å². The molecule has 0 bridgehead atoms. The highest BCUT2D eigenvalue weighted by Crippen LogP contribution is 2.34. The van der Waals surface area contributed by atoms with Crippen molar-refractivity contribution in [2.24, 2.45) is 5.92 Å². The second-order valence-electron chi connectivity index (χ2n) is 9.04. The molecule has 7 heteroatoms. The van der Waals surface area contributed by atoms with Gasteiger partial charge in [-0.15, -0.1) is 0 Å². The first kappa shape index (κ1) is 21.9. The van der Waals surface area contributed by atoms with Crippen molar-refractivity contribution in [3.05, 3.63) is 65.5 Å². The summed E-state index contributed by atoms with van der Waals surface area (Å²) in [6.45, 7) is 4.85. The lowest BCUT2D eigenvalue weighted by Crippen LogP contribution is -2.31. The SMILES string of the molecule is COc1ccc(Cn2c(-c3cccc(C)c3)nc3nc(C#N)nc(NC(C)C4CCC4)c32)cc1. The zero-order valence-corrected chi connectivity index (χ0v) is 19.7. The molecule has 1 aliphatic rings. The molecule has 0 saturated heterocycles. The number of hydrogen-bond donors (Lipinski definition) is 1. The van der Waals surface area contributed by atoms with Gasteiger partial charge in [-0.2, -0.15) is 15.2 Å². The number of rotatable bonds is 7. The molecule has 7 nitrogen and oxygen atoms in total. The fraction of sp³-hybridized carbons (Fsp3) is 0.333. The van der Waals surface area contributed by atoms with Gasteiger partial charge >= 0.3 is 0 Å². The van der Waals surface area contributed by atoms with Crippen molar-refractivity contribution in [1.29, 1.82) is 5.26 Å². The fourth-order valence-electron chi connectivity index (χ4n) is 4.53. The maximum absolute atomic E-state index is 9.59. The molecule has 2 aromatic heterocycles. The largest absolute Gasteiger partial charge is 0.497 e. The number of nitrogens with one attached hydrogen (secondary N) is 1. The van der Waals surface area contributed by atoms with Crippen LogP contribution in [0, 0.1) is 24.2 Å². The van der Waals surface area contributed by atoms with Gasteiger partial charge in [-0.05, 0) is 56.4 Å². The Labute approximate surface area is 199 Å². The average molecular weight is 453 g/mol. The smallest absolute Gasteiger partial charge is 0.236 e. The average Bonchev–Trinajstić information content (AvgIpc) is 3.16. The van der Waals surface area contributed by atoms with Gasteiger partial charge in [0.05, 0.1) is 7.11 Å². The molecule has 1 fully saturated rings. The summed E-state index contributed by atoms with van der Waals surface area (Å²) in [5.74, 6) is 3.03. The Morgan fingerprint density at radius 1 is 1.15 bits per heavy atom.